The van der Waals surface area contributed by atoms with Gasteiger partial charge in [0, 0.05) is 5.69 Å². The summed E-state index contributed by atoms with van der Waals surface area (Å²) >= 11 is 0. The number of rotatable bonds is 4. The maximum atomic E-state index is 12.2. The fourth-order valence-electron chi connectivity index (χ4n) is 3.18. The summed E-state index contributed by atoms with van der Waals surface area (Å²) < 4.78 is 0. The third kappa shape index (κ3) is 3.41. The summed E-state index contributed by atoms with van der Waals surface area (Å²) in [5.41, 5.74) is 5.29. The van der Waals surface area contributed by atoms with Crippen molar-refractivity contribution in [2.75, 3.05) is 5.32 Å². The number of hydrogen-bond donors (Lipinski definition) is 2. The SMILES string of the molecule is O=C1NC(c2ccc(CCc3ccccc3)cc2)Nc2ccccc21. The number of anilines is 1. The summed E-state index contributed by atoms with van der Waals surface area (Å²) in [5.74, 6) is -0.0347. The summed E-state index contributed by atoms with van der Waals surface area (Å²) in [5, 5.41) is 6.41. The summed E-state index contributed by atoms with van der Waals surface area (Å²) in [4.78, 5) is 12.2. The van der Waals surface area contributed by atoms with Gasteiger partial charge in [0.2, 0.25) is 0 Å². The second-order valence-electron chi connectivity index (χ2n) is 6.32. The van der Waals surface area contributed by atoms with Crippen molar-refractivity contribution in [3.63, 3.8) is 0 Å². The van der Waals surface area contributed by atoms with E-state index in [1.54, 1.807) is 0 Å². The highest BCUT2D eigenvalue weighted by Crippen LogP contribution is 2.26. The number of carbonyl (C=O) groups is 1. The molecule has 3 heteroatoms. The predicted molar refractivity (Wildman–Crippen MR) is 101 cm³/mol. The molecule has 0 radical (unpaired) electrons. The Hall–Kier alpha value is -3.07. The highest BCUT2D eigenvalue weighted by atomic mass is 16.2. The average molecular weight is 328 g/mol. The molecule has 0 spiro atoms. The molecule has 25 heavy (non-hydrogen) atoms. The van der Waals surface area contributed by atoms with E-state index in [0.717, 1.165) is 24.1 Å². The van der Waals surface area contributed by atoms with Crippen LogP contribution in [0.25, 0.3) is 0 Å². The lowest BCUT2D eigenvalue weighted by Gasteiger charge is -2.28. The molecule has 1 amide bonds. The van der Waals surface area contributed by atoms with Crippen LogP contribution in [0.15, 0.2) is 78.9 Å². The van der Waals surface area contributed by atoms with Gasteiger partial charge in [-0.15, -0.1) is 0 Å². The van der Waals surface area contributed by atoms with Crippen molar-refractivity contribution < 1.29 is 4.79 Å². The zero-order valence-corrected chi connectivity index (χ0v) is 13.9. The van der Waals surface area contributed by atoms with E-state index in [1.165, 1.54) is 11.1 Å². The molecule has 1 unspecified atom stereocenters. The van der Waals surface area contributed by atoms with E-state index in [9.17, 15) is 4.79 Å². The Labute approximate surface area is 147 Å². The smallest absolute Gasteiger partial charge is 0.255 e. The topological polar surface area (TPSA) is 41.1 Å². The normalized spacial score (nSPS) is 15.8. The first kappa shape index (κ1) is 15.5. The number of carbonyl (C=O) groups excluding carboxylic acids is 1. The number of nitrogens with one attached hydrogen (secondary N) is 2. The van der Waals surface area contributed by atoms with Crippen molar-refractivity contribution in [3.8, 4) is 0 Å². The number of amides is 1. The first-order valence-corrected chi connectivity index (χ1v) is 8.59. The molecule has 0 saturated carbocycles. The number of benzene rings is 3. The second kappa shape index (κ2) is 6.81. The van der Waals surface area contributed by atoms with E-state index in [4.69, 9.17) is 0 Å². The largest absolute Gasteiger partial charge is 0.361 e. The molecule has 2 N–H and O–H groups in total. The van der Waals surface area contributed by atoms with Gasteiger partial charge in [0.05, 0.1) is 5.56 Å². The van der Waals surface area contributed by atoms with Crippen LogP contribution < -0.4 is 10.6 Å². The molecule has 3 aromatic carbocycles. The summed E-state index contributed by atoms with van der Waals surface area (Å²) in [6.45, 7) is 0. The molecule has 1 atom stereocenters. The minimum Gasteiger partial charge on any atom is -0.361 e. The summed E-state index contributed by atoms with van der Waals surface area (Å²) in [7, 11) is 0. The van der Waals surface area contributed by atoms with E-state index in [0.29, 0.717) is 5.56 Å². The van der Waals surface area contributed by atoms with E-state index in [2.05, 4.69) is 59.2 Å². The standard InChI is InChI=1S/C22H20N2O/c25-22-19-8-4-5-9-20(19)23-21(24-22)18-14-12-17(13-15-18)11-10-16-6-2-1-3-7-16/h1-9,12-15,21,23H,10-11H2,(H,24,25). The first-order chi connectivity index (χ1) is 12.3. The van der Waals surface area contributed by atoms with Crippen molar-refractivity contribution in [2.24, 2.45) is 0 Å². The molecule has 0 bridgehead atoms. The molecule has 0 fully saturated rings. The third-order valence-electron chi connectivity index (χ3n) is 4.61. The van der Waals surface area contributed by atoms with Crippen LogP contribution in [0.1, 0.15) is 33.2 Å². The van der Waals surface area contributed by atoms with Gasteiger partial charge >= 0.3 is 0 Å². The number of para-hydroxylation sites is 1. The molecule has 1 aliphatic rings. The molecule has 0 aromatic heterocycles. The van der Waals surface area contributed by atoms with Gasteiger partial charge in [-0.05, 0) is 41.7 Å². The first-order valence-electron chi connectivity index (χ1n) is 8.59. The molecule has 4 rings (SSSR count). The number of fused-ring (bicyclic) bond motifs is 1. The molecule has 1 aliphatic heterocycles. The van der Waals surface area contributed by atoms with Crippen LogP contribution >= 0.6 is 0 Å². The summed E-state index contributed by atoms with van der Waals surface area (Å²) in [6.07, 6.45) is 1.86. The average Bonchev–Trinajstić information content (AvgIpc) is 2.68. The molecular weight excluding hydrogens is 308 g/mol. The van der Waals surface area contributed by atoms with Crippen molar-refractivity contribution in [1.29, 1.82) is 0 Å². The molecule has 1 heterocycles. The lowest BCUT2D eigenvalue weighted by molar-refractivity contribution is 0.0935. The van der Waals surface area contributed by atoms with Gasteiger partial charge in [0.25, 0.3) is 5.91 Å². The fourth-order valence-corrected chi connectivity index (χ4v) is 3.18. The van der Waals surface area contributed by atoms with Crippen molar-refractivity contribution in [1.82, 2.24) is 5.32 Å². The summed E-state index contributed by atoms with van der Waals surface area (Å²) in [6, 6.07) is 26.6. The van der Waals surface area contributed by atoms with Crippen LogP contribution in [0.5, 0.6) is 0 Å². The molecule has 124 valence electrons. The lowest BCUT2D eigenvalue weighted by Crippen LogP contribution is -2.38. The second-order valence-corrected chi connectivity index (χ2v) is 6.32. The van der Waals surface area contributed by atoms with Crippen LogP contribution in [-0.2, 0) is 12.8 Å². The van der Waals surface area contributed by atoms with E-state index < -0.39 is 0 Å². The quantitative estimate of drug-likeness (QED) is 0.748. The third-order valence-corrected chi connectivity index (χ3v) is 4.61. The van der Waals surface area contributed by atoms with Gasteiger partial charge in [-0.2, -0.15) is 0 Å². The maximum Gasteiger partial charge on any atom is 0.255 e. The van der Waals surface area contributed by atoms with Crippen molar-refractivity contribution >= 4 is 11.6 Å². The molecule has 3 nitrogen and oxygen atoms in total. The van der Waals surface area contributed by atoms with Crippen LogP contribution in [-0.4, -0.2) is 5.91 Å². The fraction of sp³-hybridized carbons (Fsp3) is 0.136. The highest BCUT2D eigenvalue weighted by Gasteiger charge is 2.23. The monoisotopic (exact) mass is 328 g/mol. The van der Waals surface area contributed by atoms with Gasteiger partial charge in [-0.3, -0.25) is 4.79 Å². The van der Waals surface area contributed by atoms with Crippen molar-refractivity contribution in [3.05, 3.63) is 101 Å². The molecular formula is C22H20N2O. The Kier molecular flexibility index (Phi) is 4.21. The van der Waals surface area contributed by atoms with Gasteiger partial charge in [0.15, 0.2) is 0 Å². The van der Waals surface area contributed by atoms with E-state index in [1.807, 2.05) is 30.3 Å². The maximum absolute atomic E-state index is 12.2. The Bertz CT molecular complexity index is 872. The van der Waals surface area contributed by atoms with Gasteiger partial charge < -0.3 is 10.6 Å². The van der Waals surface area contributed by atoms with Crippen LogP contribution in [0, 0.1) is 0 Å². The molecule has 3 aromatic rings. The van der Waals surface area contributed by atoms with E-state index in [-0.39, 0.29) is 12.1 Å². The number of aryl methyl sites for hydroxylation is 2. The molecule has 0 saturated heterocycles. The Morgan fingerprint density at radius 1 is 0.680 bits per heavy atom. The number of hydrogen-bond acceptors (Lipinski definition) is 2. The van der Waals surface area contributed by atoms with Crippen LogP contribution in [0.4, 0.5) is 5.69 Å². The Morgan fingerprint density at radius 3 is 2.08 bits per heavy atom. The van der Waals surface area contributed by atoms with Crippen molar-refractivity contribution in [2.45, 2.75) is 19.0 Å². The van der Waals surface area contributed by atoms with Gasteiger partial charge in [0.1, 0.15) is 6.17 Å². The Balaban J connectivity index is 1.45. The van der Waals surface area contributed by atoms with Crippen LogP contribution in [0.3, 0.4) is 0 Å². The lowest BCUT2D eigenvalue weighted by atomic mass is 10.0. The van der Waals surface area contributed by atoms with Crippen LogP contribution in [0.2, 0.25) is 0 Å². The highest BCUT2D eigenvalue weighted by molar-refractivity contribution is 6.01. The predicted octanol–water partition coefficient (Wildman–Crippen LogP) is 4.33. The minimum absolute atomic E-state index is 0.0347. The molecule has 0 aliphatic carbocycles. The van der Waals surface area contributed by atoms with E-state index >= 15 is 0 Å². The Morgan fingerprint density at radius 2 is 1.32 bits per heavy atom. The zero-order chi connectivity index (χ0) is 17.1. The van der Waals surface area contributed by atoms with Gasteiger partial charge in [-0.25, -0.2) is 0 Å². The zero-order valence-electron chi connectivity index (χ0n) is 13.9. The van der Waals surface area contributed by atoms with Gasteiger partial charge in [-0.1, -0.05) is 66.7 Å². The minimum atomic E-state index is -0.189.